The average molecular weight is 881 g/mol. The molecule has 0 amide bonds. The van der Waals surface area contributed by atoms with Gasteiger partial charge in [-0.2, -0.15) is 0 Å². The minimum atomic E-state index is 0.880. The van der Waals surface area contributed by atoms with Crippen LogP contribution in [-0.4, -0.2) is 4.57 Å². The maximum Gasteiger partial charge on any atom is 0.143 e. The fourth-order valence-electron chi connectivity index (χ4n) is 10.5. The first-order chi connectivity index (χ1) is 34.3. The van der Waals surface area contributed by atoms with E-state index in [2.05, 4.69) is 270 Å². The summed E-state index contributed by atoms with van der Waals surface area (Å²) in [5, 5.41) is 4.73. The third-order valence-corrected chi connectivity index (χ3v) is 13.7. The van der Waals surface area contributed by atoms with Crippen molar-refractivity contribution in [3.05, 3.63) is 267 Å². The van der Waals surface area contributed by atoms with Gasteiger partial charge in [0.05, 0.1) is 28.1 Å². The first-order valence-corrected chi connectivity index (χ1v) is 23.6. The molecule has 0 atom stereocenters. The number of furan rings is 1. The van der Waals surface area contributed by atoms with Gasteiger partial charge in [-0.15, -0.1) is 0 Å². The van der Waals surface area contributed by atoms with Gasteiger partial charge in [-0.3, -0.25) is 0 Å². The number of fused-ring (bicyclic) bond motifs is 6. The van der Waals surface area contributed by atoms with Gasteiger partial charge in [0.15, 0.2) is 0 Å². The van der Waals surface area contributed by atoms with E-state index in [4.69, 9.17) is 4.42 Å². The normalized spacial score (nSPS) is 11.5. The van der Waals surface area contributed by atoms with Crippen LogP contribution in [0.4, 0.5) is 17.1 Å². The largest absolute Gasteiger partial charge is 0.455 e. The van der Waals surface area contributed by atoms with Crippen LogP contribution >= 0.6 is 0 Å². The van der Waals surface area contributed by atoms with E-state index in [1.165, 1.54) is 44.1 Å². The van der Waals surface area contributed by atoms with E-state index in [0.29, 0.717) is 0 Å². The van der Waals surface area contributed by atoms with E-state index >= 15 is 0 Å². The topological polar surface area (TPSA) is 21.3 Å². The fourth-order valence-corrected chi connectivity index (χ4v) is 10.5. The first kappa shape index (κ1) is 40.1. The van der Waals surface area contributed by atoms with E-state index in [-0.39, 0.29) is 0 Å². The third kappa shape index (κ3) is 6.91. The van der Waals surface area contributed by atoms with Crippen LogP contribution in [0.5, 0.6) is 0 Å². The van der Waals surface area contributed by atoms with Crippen molar-refractivity contribution in [1.29, 1.82) is 0 Å². The number of para-hydroxylation sites is 7. The molecule has 13 aromatic rings. The molecule has 69 heavy (non-hydrogen) atoms. The van der Waals surface area contributed by atoms with Crippen molar-refractivity contribution in [3.8, 4) is 61.3 Å². The van der Waals surface area contributed by atoms with Crippen LogP contribution in [0, 0.1) is 0 Å². The molecule has 324 valence electrons. The van der Waals surface area contributed by atoms with Gasteiger partial charge in [0, 0.05) is 49.5 Å². The molecular weight excluding hydrogens is 837 g/mol. The summed E-state index contributed by atoms with van der Waals surface area (Å²) < 4.78 is 9.09. The Morgan fingerprint density at radius 3 is 1.41 bits per heavy atom. The molecule has 2 heterocycles. The standard InChI is InChI=1S/C66H44N2O/c1-2-19-47(20-3-1)50-21-4-5-23-52(50)53-24-7-13-32-61(53)67(62-33-14-10-27-56(62)58-29-18-30-59-57-28-11-17-36-65(57)69-66(58)59)49-43-41-46(42-44-49)45-37-39-48(40-38-45)51-22-6-12-31-60(51)68-63-34-15-8-25-54(63)55-26-9-16-35-64(55)68/h1-44H. The zero-order valence-corrected chi connectivity index (χ0v) is 37.7. The predicted octanol–water partition coefficient (Wildman–Crippen LogP) is 18.5. The lowest BCUT2D eigenvalue weighted by Crippen LogP contribution is -2.12. The number of hydrogen-bond donors (Lipinski definition) is 0. The summed E-state index contributed by atoms with van der Waals surface area (Å²) in [6, 6.07) is 96.0. The number of hydrogen-bond acceptors (Lipinski definition) is 2. The Morgan fingerprint density at radius 2 is 0.725 bits per heavy atom. The molecule has 0 aliphatic carbocycles. The van der Waals surface area contributed by atoms with Crippen molar-refractivity contribution >= 4 is 60.8 Å². The van der Waals surface area contributed by atoms with Crippen LogP contribution in [0.2, 0.25) is 0 Å². The summed E-state index contributed by atoms with van der Waals surface area (Å²) in [7, 11) is 0. The van der Waals surface area contributed by atoms with E-state index in [1.54, 1.807) is 0 Å². The van der Waals surface area contributed by atoms with Crippen molar-refractivity contribution in [2.24, 2.45) is 0 Å². The maximum atomic E-state index is 6.68. The second-order valence-electron chi connectivity index (χ2n) is 17.6. The van der Waals surface area contributed by atoms with Crippen LogP contribution in [0.1, 0.15) is 0 Å². The highest BCUT2D eigenvalue weighted by atomic mass is 16.3. The number of rotatable bonds is 9. The summed E-state index contributed by atoms with van der Waals surface area (Å²) in [6.45, 7) is 0. The lowest BCUT2D eigenvalue weighted by Gasteiger charge is -2.30. The Bertz CT molecular complexity index is 3960. The van der Waals surface area contributed by atoms with Gasteiger partial charge in [0.1, 0.15) is 11.2 Å². The summed E-state index contributed by atoms with van der Waals surface area (Å²) in [5.74, 6) is 0. The van der Waals surface area contributed by atoms with Crippen molar-refractivity contribution in [3.63, 3.8) is 0 Å². The molecular formula is C66H44N2O. The predicted molar refractivity (Wildman–Crippen MR) is 290 cm³/mol. The second kappa shape index (κ2) is 16.9. The fraction of sp³-hybridized carbons (Fsp3) is 0. The molecule has 0 N–H and O–H groups in total. The summed E-state index contributed by atoms with van der Waals surface area (Å²) >= 11 is 0. The average Bonchev–Trinajstić information content (AvgIpc) is 3.98. The Hall–Kier alpha value is -9.18. The molecule has 0 fully saturated rings. The Kier molecular flexibility index (Phi) is 9.84. The smallest absolute Gasteiger partial charge is 0.143 e. The van der Waals surface area contributed by atoms with Gasteiger partial charge in [0.2, 0.25) is 0 Å². The van der Waals surface area contributed by atoms with Gasteiger partial charge >= 0.3 is 0 Å². The Morgan fingerprint density at radius 1 is 0.275 bits per heavy atom. The zero-order chi connectivity index (χ0) is 45.7. The molecule has 0 aliphatic rings. The van der Waals surface area contributed by atoms with Crippen LogP contribution < -0.4 is 4.90 Å². The van der Waals surface area contributed by atoms with Gasteiger partial charge < -0.3 is 13.9 Å². The van der Waals surface area contributed by atoms with Crippen LogP contribution in [-0.2, 0) is 0 Å². The highest BCUT2D eigenvalue weighted by Crippen LogP contribution is 2.48. The molecule has 0 saturated heterocycles. The SMILES string of the molecule is c1ccc(-c2ccccc2-c2ccccc2N(c2ccc(-c3ccc(-c4ccccc4-n4c5ccccc5c5ccccc54)cc3)cc2)c2ccccc2-c2cccc3c2oc2ccccc23)cc1. The van der Waals surface area contributed by atoms with Gasteiger partial charge in [-0.25, -0.2) is 0 Å². The van der Waals surface area contributed by atoms with Crippen molar-refractivity contribution in [1.82, 2.24) is 4.57 Å². The molecule has 13 rings (SSSR count). The molecule has 3 heteroatoms. The number of aromatic nitrogens is 1. The van der Waals surface area contributed by atoms with Crippen LogP contribution in [0.25, 0.3) is 105 Å². The minimum absolute atomic E-state index is 0.880. The molecule has 0 radical (unpaired) electrons. The van der Waals surface area contributed by atoms with E-state index in [9.17, 15) is 0 Å². The van der Waals surface area contributed by atoms with Crippen LogP contribution in [0.3, 0.4) is 0 Å². The van der Waals surface area contributed by atoms with Gasteiger partial charge in [-0.1, -0.05) is 218 Å². The number of nitrogens with zero attached hydrogens (tertiary/aromatic N) is 2. The molecule has 0 bridgehead atoms. The highest BCUT2D eigenvalue weighted by Gasteiger charge is 2.24. The number of anilines is 3. The lowest BCUT2D eigenvalue weighted by molar-refractivity contribution is 0.670. The summed E-state index contributed by atoms with van der Waals surface area (Å²) in [5.41, 5.74) is 19.9. The minimum Gasteiger partial charge on any atom is -0.455 e. The summed E-state index contributed by atoms with van der Waals surface area (Å²) in [4.78, 5) is 2.42. The Balaban J connectivity index is 0.931. The quantitative estimate of drug-likeness (QED) is 0.144. The molecule has 0 spiro atoms. The number of benzene rings is 11. The molecule has 3 nitrogen and oxygen atoms in total. The second-order valence-corrected chi connectivity index (χ2v) is 17.6. The lowest BCUT2D eigenvalue weighted by atomic mass is 9.92. The van der Waals surface area contributed by atoms with E-state index in [0.717, 1.165) is 78.1 Å². The zero-order valence-electron chi connectivity index (χ0n) is 37.7. The van der Waals surface area contributed by atoms with Crippen LogP contribution in [0.15, 0.2) is 271 Å². The molecule has 0 unspecified atom stereocenters. The van der Waals surface area contributed by atoms with Gasteiger partial charge in [0.25, 0.3) is 0 Å². The summed E-state index contributed by atoms with van der Waals surface area (Å²) in [6.07, 6.45) is 0. The van der Waals surface area contributed by atoms with E-state index < -0.39 is 0 Å². The molecule has 0 aliphatic heterocycles. The molecule has 11 aromatic carbocycles. The maximum absolute atomic E-state index is 6.68. The first-order valence-electron chi connectivity index (χ1n) is 23.6. The van der Waals surface area contributed by atoms with Crippen molar-refractivity contribution in [2.75, 3.05) is 4.90 Å². The Labute approximate surface area is 401 Å². The highest BCUT2D eigenvalue weighted by molar-refractivity contribution is 6.12. The van der Waals surface area contributed by atoms with Gasteiger partial charge in [-0.05, 0) is 81.9 Å². The third-order valence-electron chi connectivity index (χ3n) is 13.7. The molecule has 0 saturated carbocycles. The van der Waals surface area contributed by atoms with Crippen molar-refractivity contribution in [2.45, 2.75) is 0 Å². The van der Waals surface area contributed by atoms with E-state index in [1.807, 2.05) is 6.07 Å². The van der Waals surface area contributed by atoms with Crippen molar-refractivity contribution < 1.29 is 4.42 Å². The monoisotopic (exact) mass is 880 g/mol. The molecule has 2 aromatic heterocycles.